The Hall–Kier alpha value is -2.45. The minimum atomic E-state index is -4.53. The molecule has 9 heteroatoms. The molecule has 0 radical (unpaired) electrons. The summed E-state index contributed by atoms with van der Waals surface area (Å²) in [5.74, 6) is -0.673. The molecular formula is C16H22F3N3O3. The number of halogens is 3. The van der Waals surface area contributed by atoms with E-state index >= 15 is 0 Å². The van der Waals surface area contributed by atoms with Crippen LogP contribution in [0.1, 0.15) is 26.3 Å². The zero-order valence-electron chi connectivity index (χ0n) is 14.7. The number of nitrogens with zero attached hydrogens (tertiary/aromatic N) is 1. The molecule has 0 saturated heterocycles. The minimum absolute atomic E-state index is 0.00388. The molecular weight excluding hydrogens is 339 g/mol. The molecule has 25 heavy (non-hydrogen) atoms. The second kappa shape index (κ2) is 7.62. The largest absolute Gasteiger partial charge is 0.444 e. The number of rotatable bonds is 4. The third kappa shape index (κ3) is 6.90. The van der Waals surface area contributed by atoms with Crippen LogP contribution in [0.15, 0.2) is 18.2 Å². The molecule has 0 unspecified atom stereocenters. The normalized spacial score (nSPS) is 11.7. The summed E-state index contributed by atoms with van der Waals surface area (Å²) >= 11 is 0. The van der Waals surface area contributed by atoms with Gasteiger partial charge in [-0.05, 0) is 39.0 Å². The third-order valence-corrected chi connectivity index (χ3v) is 2.87. The van der Waals surface area contributed by atoms with E-state index in [0.29, 0.717) is 5.69 Å². The van der Waals surface area contributed by atoms with E-state index in [4.69, 9.17) is 4.74 Å². The van der Waals surface area contributed by atoms with Crippen molar-refractivity contribution in [2.24, 2.45) is 0 Å². The molecule has 0 aliphatic heterocycles. The molecule has 1 aromatic rings. The lowest BCUT2D eigenvalue weighted by Gasteiger charge is -2.21. The van der Waals surface area contributed by atoms with Gasteiger partial charge in [-0.15, -0.1) is 0 Å². The number of amides is 2. The summed E-state index contributed by atoms with van der Waals surface area (Å²) in [5, 5.41) is 4.62. The highest BCUT2D eigenvalue weighted by atomic mass is 19.4. The summed E-state index contributed by atoms with van der Waals surface area (Å²) in [7, 11) is 3.27. The first-order chi connectivity index (χ1) is 11.3. The monoisotopic (exact) mass is 361 g/mol. The minimum Gasteiger partial charge on any atom is -0.444 e. The van der Waals surface area contributed by atoms with Crippen molar-refractivity contribution in [3.63, 3.8) is 0 Å². The second-order valence-corrected chi connectivity index (χ2v) is 6.53. The number of alkyl halides is 3. The molecule has 0 saturated carbocycles. The van der Waals surface area contributed by atoms with Gasteiger partial charge >= 0.3 is 12.3 Å². The maximum atomic E-state index is 12.8. The summed E-state index contributed by atoms with van der Waals surface area (Å²) < 4.78 is 43.5. The zero-order chi connectivity index (χ0) is 19.4. The Morgan fingerprint density at radius 3 is 2.24 bits per heavy atom. The van der Waals surface area contributed by atoms with Gasteiger partial charge in [0.2, 0.25) is 5.91 Å². The SMILES string of the molecule is CN(C)c1ccc(C(F)(F)F)cc1NC(=O)CNC(=O)OC(C)(C)C. The average Bonchev–Trinajstić information content (AvgIpc) is 2.42. The molecule has 0 spiro atoms. The Bertz CT molecular complexity index is 638. The van der Waals surface area contributed by atoms with Gasteiger partial charge in [-0.25, -0.2) is 4.79 Å². The molecule has 1 rings (SSSR count). The topological polar surface area (TPSA) is 70.7 Å². The van der Waals surface area contributed by atoms with E-state index in [-0.39, 0.29) is 5.69 Å². The van der Waals surface area contributed by atoms with Crippen LogP contribution < -0.4 is 15.5 Å². The van der Waals surface area contributed by atoms with Crippen molar-refractivity contribution >= 4 is 23.4 Å². The summed E-state index contributed by atoms with van der Waals surface area (Å²) in [6.07, 6.45) is -5.32. The number of hydrogen-bond donors (Lipinski definition) is 2. The number of ether oxygens (including phenoxy) is 1. The average molecular weight is 361 g/mol. The molecule has 140 valence electrons. The highest BCUT2D eigenvalue weighted by molar-refractivity contribution is 5.97. The number of benzene rings is 1. The van der Waals surface area contributed by atoms with Gasteiger partial charge < -0.3 is 20.3 Å². The van der Waals surface area contributed by atoms with E-state index in [9.17, 15) is 22.8 Å². The number of alkyl carbamates (subject to hydrolysis) is 1. The van der Waals surface area contributed by atoms with E-state index in [1.165, 1.54) is 6.07 Å². The van der Waals surface area contributed by atoms with Gasteiger partial charge in [0.1, 0.15) is 12.1 Å². The molecule has 6 nitrogen and oxygen atoms in total. The van der Waals surface area contributed by atoms with Crippen molar-refractivity contribution in [3.05, 3.63) is 23.8 Å². The first-order valence-electron chi connectivity index (χ1n) is 7.45. The fourth-order valence-corrected chi connectivity index (χ4v) is 1.86. The molecule has 0 aliphatic rings. The van der Waals surface area contributed by atoms with Gasteiger partial charge in [-0.1, -0.05) is 0 Å². The van der Waals surface area contributed by atoms with Gasteiger partial charge in [0.25, 0.3) is 0 Å². The van der Waals surface area contributed by atoms with E-state index in [0.717, 1.165) is 12.1 Å². The Morgan fingerprint density at radius 1 is 1.16 bits per heavy atom. The first-order valence-corrected chi connectivity index (χ1v) is 7.45. The zero-order valence-corrected chi connectivity index (χ0v) is 14.7. The molecule has 1 aromatic carbocycles. The second-order valence-electron chi connectivity index (χ2n) is 6.53. The van der Waals surface area contributed by atoms with Gasteiger partial charge in [0.05, 0.1) is 16.9 Å². The van der Waals surface area contributed by atoms with Crippen LogP contribution in [0.4, 0.5) is 29.3 Å². The number of nitrogens with one attached hydrogen (secondary N) is 2. The molecule has 2 amide bonds. The lowest BCUT2D eigenvalue weighted by molar-refractivity contribution is -0.137. The lowest BCUT2D eigenvalue weighted by Crippen LogP contribution is -2.37. The van der Waals surface area contributed by atoms with Crippen molar-refractivity contribution in [3.8, 4) is 0 Å². The smallest absolute Gasteiger partial charge is 0.416 e. The number of carbonyl (C=O) groups is 2. The Labute approximate surface area is 144 Å². The number of carbonyl (C=O) groups excluding carboxylic acids is 2. The van der Waals surface area contributed by atoms with E-state index in [1.807, 2.05) is 0 Å². The third-order valence-electron chi connectivity index (χ3n) is 2.87. The quantitative estimate of drug-likeness (QED) is 0.864. The standard InChI is InChI=1S/C16H22F3N3O3/c1-15(2,3)25-14(24)20-9-13(23)21-11-8-10(16(17,18)19)6-7-12(11)22(4)5/h6-8H,9H2,1-5H3,(H,20,24)(H,21,23). The molecule has 0 aromatic heterocycles. The number of anilines is 2. The van der Waals surface area contributed by atoms with Gasteiger partial charge in [0.15, 0.2) is 0 Å². The van der Waals surface area contributed by atoms with Crippen LogP contribution >= 0.6 is 0 Å². The Kier molecular flexibility index (Phi) is 6.28. The molecule has 0 heterocycles. The van der Waals surface area contributed by atoms with Gasteiger partial charge in [-0.2, -0.15) is 13.2 Å². The summed E-state index contributed by atoms with van der Waals surface area (Å²) in [6, 6.07) is 3.05. The van der Waals surface area contributed by atoms with Crippen LogP contribution in [-0.2, 0) is 15.7 Å². The predicted molar refractivity (Wildman–Crippen MR) is 88.6 cm³/mol. The van der Waals surface area contributed by atoms with Crippen LogP contribution in [-0.4, -0.2) is 38.2 Å². The summed E-state index contributed by atoms with van der Waals surface area (Å²) in [5.41, 5.74) is -1.21. The van der Waals surface area contributed by atoms with Crippen LogP contribution in [0.5, 0.6) is 0 Å². The Balaban J connectivity index is 2.83. The first kappa shape index (κ1) is 20.6. The van der Waals surface area contributed by atoms with Gasteiger partial charge in [-0.3, -0.25) is 4.79 Å². The van der Waals surface area contributed by atoms with Crippen molar-refractivity contribution in [2.45, 2.75) is 32.5 Å². The fraction of sp³-hybridized carbons (Fsp3) is 0.500. The maximum Gasteiger partial charge on any atom is 0.416 e. The van der Waals surface area contributed by atoms with Crippen LogP contribution in [0, 0.1) is 0 Å². The summed E-state index contributed by atoms with van der Waals surface area (Å²) in [4.78, 5) is 25.0. The highest BCUT2D eigenvalue weighted by Gasteiger charge is 2.31. The lowest BCUT2D eigenvalue weighted by atomic mass is 10.1. The fourth-order valence-electron chi connectivity index (χ4n) is 1.86. The van der Waals surface area contributed by atoms with E-state index in [2.05, 4.69) is 10.6 Å². The summed E-state index contributed by atoms with van der Waals surface area (Å²) in [6.45, 7) is 4.56. The maximum absolute atomic E-state index is 12.8. The van der Waals surface area contributed by atoms with Crippen LogP contribution in [0.25, 0.3) is 0 Å². The van der Waals surface area contributed by atoms with Crippen LogP contribution in [0.3, 0.4) is 0 Å². The van der Waals surface area contributed by atoms with Crippen molar-refractivity contribution in [1.82, 2.24) is 5.32 Å². The highest BCUT2D eigenvalue weighted by Crippen LogP contribution is 2.34. The predicted octanol–water partition coefficient (Wildman–Crippen LogP) is 3.23. The molecule has 0 fully saturated rings. The molecule has 0 atom stereocenters. The van der Waals surface area contributed by atoms with Gasteiger partial charge in [0, 0.05) is 14.1 Å². The van der Waals surface area contributed by atoms with E-state index in [1.54, 1.807) is 39.8 Å². The molecule has 0 aliphatic carbocycles. The van der Waals surface area contributed by atoms with Crippen molar-refractivity contribution < 1.29 is 27.5 Å². The van der Waals surface area contributed by atoms with Crippen molar-refractivity contribution in [1.29, 1.82) is 0 Å². The van der Waals surface area contributed by atoms with Crippen molar-refractivity contribution in [2.75, 3.05) is 30.9 Å². The van der Waals surface area contributed by atoms with Crippen LogP contribution in [0.2, 0.25) is 0 Å². The number of hydrogen-bond acceptors (Lipinski definition) is 4. The molecule has 0 bridgehead atoms. The van der Waals surface area contributed by atoms with E-state index < -0.39 is 35.9 Å². The molecule has 2 N–H and O–H groups in total. The Morgan fingerprint density at radius 2 is 1.76 bits per heavy atom.